The van der Waals surface area contributed by atoms with Gasteiger partial charge in [0.15, 0.2) is 0 Å². The third-order valence-corrected chi connectivity index (χ3v) is 4.73. The van der Waals surface area contributed by atoms with Crippen LogP contribution in [0.3, 0.4) is 0 Å². The highest BCUT2D eigenvalue weighted by Crippen LogP contribution is 2.13. The average Bonchev–Trinajstić information content (AvgIpc) is 2.70. The smallest absolute Gasteiger partial charge is 0.317 e. The minimum atomic E-state index is -0.679. The fourth-order valence-electron chi connectivity index (χ4n) is 3.21. The molecule has 140 valence electrons. The van der Waals surface area contributed by atoms with Crippen LogP contribution in [0.2, 0.25) is 0 Å². The van der Waals surface area contributed by atoms with Crippen molar-refractivity contribution in [1.82, 2.24) is 14.5 Å². The average molecular weight is 365 g/mol. The summed E-state index contributed by atoms with van der Waals surface area (Å²) in [7, 11) is 0. The standard InChI is InChI=1S/C21H23N3O3/c1-3-23-17-11-7-8-12-18(17)24(21(27)20(23)26)14-19(25)22-13-15(2)16-9-5-4-6-10-16/h4-12,15H,3,13-14H2,1-2H3,(H,22,25). The highest BCUT2D eigenvalue weighted by molar-refractivity contribution is 5.80. The minimum absolute atomic E-state index is 0.150. The number of carbonyl (C=O) groups is 1. The Kier molecular flexibility index (Phi) is 5.54. The summed E-state index contributed by atoms with van der Waals surface area (Å²) in [5.74, 6) is -0.143. The van der Waals surface area contributed by atoms with Gasteiger partial charge in [0.25, 0.3) is 0 Å². The van der Waals surface area contributed by atoms with E-state index >= 15 is 0 Å². The summed E-state index contributed by atoms with van der Waals surface area (Å²) in [6.07, 6.45) is 0. The maximum atomic E-state index is 12.5. The van der Waals surface area contributed by atoms with Gasteiger partial charge in [-0.2, -0.15) is 0 Å². The number of aryl methyl sites for hydroxylation is 1. The Hall–Kier alpha value is -3.15. The van der Waals surface area contributed by atoms with E-state index < -0.39 is 11.1 Å². The molecule has 1 N–H and O–H groups in total. The number of aromatic nitrogens is 2. The van der Waals surface area contributed by atoms with Crippen LogP contribution in [0.4, 0.5) is 0 Å². The molecule has 0 saturated carbocycles. The normalized spacial score (nSPS) is 12.1. The fourth-order valence-corrected chi connectivity index (χ4v) is 3.21. The van der Waals surface area contributed by atoms with Crippen molar-refractivity contribution >= 4 is 16.9 Å². The molecule has 0 spiro atoms. The number of nitrogens with one attached hydrogen (secondary N) is 1. The lowest BCUT2D eigenvalue weighted by molar-refractivity contribution is -0.121. The third kappa shape index (κ3) is 3.84. The van der Waals surface area contributed by atoms with Crippen molar-refractivity contribution in [3.8, 4) is 0 Å². The van der Waals surface area contributed by atoms with Crippen LogP contribution in [0.5, 0.6) is 0 Å². The number of nitrogens with zero attached hydrogens (tertiary/aromatic N) is 2. The SMILES string of the molecule is CCn1c(=O)c(=O)n(CC(=O)NCC(C)c2ccccc2)c2ccccc21. The van der Waals surface area contributed by atoms with E-state index in [1.54, 1.807) is 18.2 Å². The molecule has 6 heteroatoms. The van der Waals surface area contributed by atoms with Crippen molar-refractivity contribution in [2.24, 2.45) is 0 Å². The summed E-state index contributed by atoms with van der Waals surface area (Å²) in [5, 5.41) is 2.86. The molecule has 1 unspecified atom stereocenters. The first-order valence-electron chi connectivity index (χ1n) is 9.07. The molecule has 2 aromatic carbocycles. The Morgan fingerprint density at radius 1 is 0.926 bits per heavy atom. The van der Waals surface area contributed by atoms with E-state index in [4.69, 9.17) is 0 Å². The van der Waals surface area contributed by atoms with Crippen LogP contribution < -0.4 is 16.4 Å². The summed E-state index contributed by atoms with van der Waals surface area (Å²) in [5.41, 5.74) is 1.07. The van der Waals surface area contributed by atoms with Crippen LogP contribution in [0.25, 0.3) is 11.0 Å². The monoisotopic (exact) mass is 365 g/mol. The summed E-state index contributed by atoms with van der Waals surface area (Å²) in [6.45, 7) is 4.52. The van der Waals surface area contributed by atoms with E-state index in [1.165, 1.54) is 9.13 Å². The second kappa shape index (κ2) is 8.03. The second-order valence-electron chi connectivity index (χ2n) is 6.55. The summed E-state index contributed by atoms with van der Waals surface area (Å²) in [6, 6.07) is 17.0. The highest BCUT2D eigenvalue weighted by atomic mass is 16.2. The zero-order chi connectivity index (χ0) is 19.4. The molecular weight excluding hydrogens is 342 g/mol. The molecule has 1 aromatic heterocycles. The molecule has 27 heavy (non-hydrogen) atoms. The lowest BCUT2D eigenvalue weighted by Crippen LogP contribution is -2.44. The van der Waals surface area contributed by atoms with Gasteiger partial charge in [-0.05, 0) is 30.5 Å². The van der Waals surface area contributed by atoms with Crippen molar-refractivity contribution in [2.75, 3.05) is 6.54 Å². The van der Waals surface area contributed by atoms with Gasteiger partial charge in [-0.15, -0.1) is 0 Å². The van der Waals surface area contributed by atoms with E-state index in [0.717, 1.165) is 5.56 Å². The maximum Gasteiger partial charge on any atom is 0.317 e. The largest absolute Gasteiger partial charge is 0.354 e. The zero-order valence-corrected chi connectivity index (χ0v) is 15.5. The van der Waals surface area contributed by atoms with Gasteiger partial charge in [0.1, 0.15) is 6.54 Å². The molecule has 0 aliphatic carbocycles. The van der Waals surface area contributed by atoms with Gasteiger partial charge in [0, 0.05) is 13.1 Å². The molecule has 1 amide bonds. The second-order valence-corrected chi connectivity index (χ2v) is 6.55. The van der Waals surface area contributed by atoms with Crippen molar-refractivity contribution in [1.29, 1.82) is 0 Å². The summed E-state index contributed by atoms with van der Waals surface area (Å²) < 4.78 is 2.69. The molecule has 3 rings (SSSR count). The summed E-state index contributed by atoms with van der Waals surface area (Å²) in [4.78, 5) is 37.3. The van der Waals surface area contributed by atoms with E-state index in [2.05, 4.69) is 5.32 Å². The Labute approximate surface area is 157 Å². The number of rotatable bonds is 6. The van der Waals surface area contributed by atoms with Crippen LogP contribution in [-0.2, 0) is 17.9 Å². The van der Waals surface area contributed by atoms with Crippen LogP contribution in [0, 0.1) is 0 Å². The first kappa shape index (κ1) is 18.6. The van der Waals surface area contributed by atoms with Gasteiger partial charge >= 0.3 is 11.1 Å². The molecule has 1 atom stereocenters. The predicted octanol–water partition coefficient (Wildman–Crippen LogP) is 2.10. The molecular formula is C21H23N3O3. The van der Waals surface area contributed by atoms with Gasteiger partial charge in [-0.25, -0.2) is 0 Å². The van der Waals surface area contributed by atoms with Gasteiger partial charge in [0.05, 0.1) is 11.0 Å². The highest BCUT2D eigenvalue weighted by Gasteiger charge is 2.15. The van der Waals surface area contributed by atoms with Gasteiger partial charge < -0.3 is 9.88 Å². The lowest BCUT2D eigenvalue weighted by Gasteiger charge is -2.15. The first-order valence-corrected chi connectivity index (χ1v) is 9.07. The number of para-hydroxylation sites is 2. The zero-order valence-electron chi connectivity index (χ0n) is 15.5. The number of hydrogen-bond donors (Lipinski definition) is 1. The Morgan fingerprint density at radius 3 is 2.11 bits per heavy atom. The summed E-state index contributed by atoms with van der Waals surface area (Å²) >= 11 is 0. The van der Waals surface area contributed by atoms with Gasteiger partial charge in [0.2, 0.25) is 5.91 Å². The van der Waals surface area contributed by atoms with E-state index in [0.29, 0.717) is 24.1 Å². The van der Waals surface area contributed by atoms with Crippen LogP contribution in [0.1, 0.15) is 25.3 Å². The maximum absolute atomic E-state index is 12.5. The molecule has 0 fully saturated rings. The lowest BCUT2D eigenvalue weighted by atomic mass is 10.0. The van der Waals surface area contributed by atoms with E-state index in [9.17, 15) is 14.4 Å². The number of fused-ring (bicyclic) bond motifs is 1. The number of hydrogen-bond acceptors (Lipinski definition) is 3. The molecule has 0 aliphatic heterocycles. The van der Waals surface area contributed by atoms with Crippen molar-refractivity contribution < 1.29 is 4.79 Å². The van der Waals surface area contributed by atoms with Crippen molar-refractivity contribution in [2.45, 2.75) is 32.9 Å². The van der Waals surface area contributed by atoms with E-state index in [1.807, 2.05) is 50.2 Å². The van der Waals surface area contributed by atoms with Gasteiger partial charge in [-0.3, -0.25) is 19.0 Å². The Balaban J connectivity index is 1.82. The minimum Gasteiger partial charge on any atom is -0.354 e. The molecule has 0 radical (unpaired) electrons. The fraction of sp³-hybridized carbons (Fsp3) is 0.286. The molecule has 0 saturated heterocycles. The predicted molar refractivity (Wildman–Crippen MR) is 106 cm³/mol. The van der Waals surface area contributed by atoms with Crippen molar-refractivity contribution in [3.05, 3.63) is 80.9 Å². The molecule has 0 bridgehead atoms. The Morgan fingerprint density at radius 2 is 1.48 bits per heavy atom. The van der Waals surface area contributed by atoms with Crippen LogP contribution in [-0.4, -0.2) is 21.6 Å². The third-order valence-electron chi connectivity index (χ3n) is 4.73. The van der Waals surface area contributed by atoms with Crippen molar-refractivity contribution in [3.63, 3.8) is 0 Å². The molecule has 0 aliphatic rings. The topological polar surface area (TPSA) is 73.1 Å². The quantitative estimate of drug-likeness (QED) is 0.680. The van der Waals surface area contributed by atoms with Crippen LogP contribution >= 0.6 is 0 Å². The molecule has 1 heterocycles. The van der Waals surface area contributed by atoms with Gasteiger partial charge in [-0.1, -0.05) is 49.4 Å². The molecule has 3 aromatic rings. The first-order chi connectivity index (χ1) is 13.0. The Bertz CT molecular complexity index is 1070. The molecule has 6 nitrogen and oxygen atoms in total. The van der Waals surface area contributed by atoms with Crippen LogP contribution in [0.15, 0.2) is 64.2 Å². The number of amides is 1. The van der Waals surface area contributed by atoms with E-state index in [-0.39, 0.29) is 18.4 Å². The number of benzene rings is 2. The number of carbonyl (C=O) groups excluding carboxylic acids is 1.